The minimum atomic E-state index is -0.443. The van der Waals surface area contributed by atoms with Gasteiger partial charge in [-0.3, -0.25) is 4.90 Å². The number of ether oxygens (including phenoxy) is 1. The molecule has 1 aliphatic heterocycles. The molecule has 3 N–H and O–H groups in total. The minimum absolute atomic E-state index is 0.333. The highest BCUT2D eigenvalue weighted by Gasteiger charge is 2.37. The van der Waals surface area contributed by atoms with Gasteiger partial charge in [-0.05, 0) is 65.3 Å². The molecule has 1 saturated carbocycles. The van der Waals surface area contributed by atoms with Crippen molar-refractivity contribution in [2.75, 3.05) is 19.6 Å². The van der Waals surface area contributed by atoms with Crippen LogP contribution in [0.15, 0.2) is 0 Å². The van der Waals surface area contributed by atoms with Crippen molar-refractivity contribution in [3.05, 3.63) is 0 Å². The molecule has 2 aliphatic rings. The average molecular weight is 311 g/mol. The van der Waals surface area contributed by atoms with Gasteiger partial charge >= 0.3 is 6.09 Å². The summed E-state index contributed by atoms with van der Waals surface area (Å²) in [6, 6.07) is 1.10. The number of likely N-dealkylation sites (tertiary alicyclic amines) is 1. The number of hydrogen-bond donors (Lipinski definition) is 2. The molecule has 0 aromatic heterocycles. The van der Waals surface area contributed by atoms with E-state index >= 15 is 0 Å². The van der Waals surface area contributed by atoms with Crippen LogP contribution < -0.4 is 11.1 Å². The second kappa shape index (κ2) is 7.64. The molecular formula is C17H33N3O2. The smallest absolute Gasteiger partial charge is 0.407 e. The highest BCUT2D eigenvalue weighted by Crippen LogP contribution is 2.37. The SMILES string of the molecule is CC(C)(C)OC(=O)NCCC(CN)N1CCCC2CCCC21. The Morgan fingerprint density at radius 1 is 1.32 bits per heavy atom. The fourth-order valence-corrected chi connectivity index (χ4v) is 4.02. The zero-order valence-corrected chi connectivity index (χ0v) is 14.4. The van der Waals surface area contributed by atoms with Gasteiger partial charge in [0.15, 0.2) is 0 Å². The number of carbonyl (C=O) groups excluding carboxylic acids is 1. The molecule has 5 nitrogen and oxygen atoms in total. The summed E-state index contributed by atoms with van der Waals surface area (Å²) in [5.74, 6) is 0.876. The van der Waals surface area contributed by atoms with Gasteiger partial charge in [-0.2, -0.15) is 0 Å². The fraction of sp³-hybridized carbons (Fsp3) is 0.941. The Hall–Kier alpha value is -0.810. The van der Waals surface area contributed by atoms with Crippen LogP contribution in [0.4, 0.5) is 4.79 Å². The molecule has 1 amide bonds. The fourth-order valence-electron chi connectivity index (χ4n) is 4.02. The zero-order chi connectivity index (χ0) is 16.2. The molecule has 2 rings (SSSR count). The van der Waals surface area contributed by atoms with Crippen molar-refractivity contribution < 1.29 is 9.53 Å². The van der Waals surface area contributed by atoms with Gasteiger partial charge < -0.3 is 15.8 Å². The number of amides is 1. The summed E-state index contributed by atoms with van der Waals surface area (Å²) in [5, 5.41) is 2.86. The number of piperidine rings is 1. The van der Waals surface area contributed by atoms with Crippen molar-refractivity contribution in [2.24, 2.45) is 11.7 Å². The monoisotopic (exact) mass is 311 g/mol. The van der Waals surface area contributed by atoms with Gasteiger partial charge in [-0.1, -0.05) is 6.42 Å². The van der Waals surface area contributed by atoms with Crippen molar-refractivity contribution in [1.82, 2.24) is 10.2 Å². The third kappa shape index (κ3) is 4.85. The van der Waals surface area contributed by atoms with E-state index in [-0.39, 0.29) is 6.09 Å². The zero-order valence-electron chi connectivity index (χ0n) is 14.4. The van der Waals surface area contributed by atoms with Crippen molar-refractivity contribution in [3.63, 3.8) is 0 Å². The number of nitrogens with zero attached hydrogens (tertiary/aromatic N) is 1. The summed E-state index contributed by atoms with van der Waals surface area (Å²) < 4.78 is 5.27. The summed E-state index contributed by atoms with van der Waals surface area (Å²) >= 11 is 0. The van der Waals surface area contributed by atoms with Crippen LogP contribution in [0.25, 0.3) is 0 Å². The Kier molecular flexibility index (Phi) is 6.09. The Balaban J connectivity index is 1.78. The van der Waals surface area contributed by atoms with Gasteiger partial charge in [-0.15, -0.1) is 0 Å². The molecule has 1 heterocycles. The number of fused-ring (bicyclic) bond motifs is 1. The van der Waals surface area contributed by atoms with Crippen LogP contribution in [0.5, 0.6) is 0 Å². The predicted octanol–water partition coefficient (Wildman–Crippen LogP) is 2.49. The lowest BCUT2D eigenvalue weighted by Crippen LogP contribution is -2.52. The highest BCUT2D eigenvalue weighted by molar-refractivity contribution is 5.67. The van der Waals surface area contributed by atoms with Gasteiger partial charge in [0, 0.05) is 25.2 Å². The first-order valence-corrected chi connectivity index (χ1v) is 8.83. The molecule has 22 heavy (non-hydrogen) atoms. The normalized spacial score (nSPS) is 27.3. The molecule has 1 aliphatic carbocycles. The van der Waals surface area contributed by atoms with Gasteiger partial charge in [0.1, 0.15) is 5.60 Å². The van der Waals surface area contributed by atoms with Crippen molar-refractivity contribution in [1.29, 1.82) is 0 Å². The van der Waals surface area contributed by atoms with E-state index in [1.165, 1.54) is 32.1 Å². The van der Waals surface area contributed by atoms with Crippen molar-refractivity contribution in [3.8, 4) is 0 Å². The first-order valence-electron chi connectivity index (χ1n) is 8.83. The standard InChI is InChI=1S/C17H33N3O2/c1-17(2,3)22-16(21)19-10-9-14(12-18)20-11-5-7-13-6-4-8-15(13)20/h13-15H,4-12,18H2,1-3H3,(H,19,21). The van der Waals surface area contributed by atoms with E-state index in [4.69, 9.17) is 10.5 Å². The number of rotatable bonds is 5. The van der Waals surface area contributed by atoms with E-state index in [2.05, 4.69) is 10.2 Å². The maximum absolute atomic E-state index is 11.7. The number of nitrogens with two attached hydrogens (primary N) is 1. The Bertz CT molecular complexity index is 367. The van der Waals surface area contributed by atoms with Gasteiger partial charge in [0.25, 0.3) is 0 Å². The Labute approximate surface area is 134 Å². The van der Waals surface area contributed by atoms with Crippen molar-refractivity contribution >= 4 is 6.09 Å². The van der Waals surface area contributed by atoms with E-state index in [1.807, 2.05) is 20.8 Å². The van der Waals surface area contributed by atoms with Gasteiger partial charge in [0.05, 0.1) is 0 Å². The van der Waals surface area contributed by atoms with E-state index in [0.717, 1.165) is 24.9 Å². The van der Waals surface area contributed by atoms with E-state index < -0.39 is 5.60 Å². The van der Waals surface area contributed by atoms with Crippen LogP contribution >= 0.6 is 0 Å². The molecular weight excluding hydrogens is 278 g/mol. The summed E-state index contributed by atoms with van der Waals surface area (Å²) in [6.07, 6.45) is 7.31. The molecule has 0 aromatic rings. The van der Waals surface area contributed by atoms with Crippen LogP contribution in [0.3, 0.4) is 0 Å². The lowest BCUT2D eigenvalue weighted by atomic mass is 9.90. The third-order valence-electron chi connectivity index (χ3n) is 4.92. The number of nitrogens with one attached hydrogen (secondary N) is 1. The van der Waals surface area contributed by atoms with Crippen molar-refractivity contribution in [2.45, 2.75) is 77.0 Å². The predicted molar refractivity (Wildman–Crippen MR) is 88.8 cm³/mol. The van der Waals surface area contributed by atoms with E-state index in [9.17, 15) is 4.79 Å². The second-order valence-corrected chi connectivity index (χ2v) is 7.75. The highest BCUT2D eigenvalue weighted by atomic mass is 16.6. The minimum Gasteiger partial charge on any atom is -0.444 e. The van der Waals surface area contributed by atoms with Crippen LogP contribution in [0, 0.1) is 5.92 Å². The topological polar surface area (TPSA) is 67.6 Å². The maximum Gasteiger partial charge on any atom is 0.407 e. The summed E-state index contributed by atoms with van der Waals surface area (Å²) in [7, 11) is 0. The second-order valence-electron chi connectivity index (χ2n) is 7.75. The summed E-state index contributed by atoms with van der Waals surface area (Å²) in [4.78, 5) is 14.3. The first kappa shape index (κ1) is 17.5. The molecule has 1 saturated heterocycles. The number of alkyl carbamates (subject to hydrolysis) is 1. The number of carbonyl (C=O) groups is 1. The number of hydrogen-bond acceptors (Lipinski definition) is 4. The molecule has 0 bridgehead atoms. The van der Waals surface area contributed by atoms with E-state index in [1.54, 1.807) is 0 Å². The quantitative estimate of drug-likeness (QED) is 0.818. The van der Waals surface area contributed by atoms with Crippen LogP contribution in [0.1, 0.15) is 59.3 Å². The lowest BCUT2D eigenvalue weighted by Gasteiger charge is -2.42. The maximum atomic E-state index is 11.7. The largest absolute Gasteiger partial charge is 0.444 e. The lowest BCUT2D eigenvalue weighted by molar-refractivity contribution is 0.0493. The molecule has 0 aromatic carbocycles. The van der Waals surface area contributed by atoms with Crippen LogP contribution in [-0.4, -0.2) is 48.3 Å². The first-order chi connectivity index (χ1) is 10.4. The molecule has 2 fully saturated rings. The molecule has 5 heteroatoms. The molecule has 0 spiro atoms. The molecule has 3 atom stereocenters. The Morgan fingerprint density at radius 2 is 2.05 bits per heavy atom. The summed E-state index contributed by atoms with van der Waals surface area (Å²) in [6.45, 7) is 8.09. The summed E-state index contributed by atoms with van der Waals surface area (Å²) in [5.41, 5.74) is 5.58. The van der Waals surface area contributed by atoms with Gasteiger partial charge in [-0.25, -0.2) is 4.79 Å². The Morgan fingerprint density at radius 3 is 2.73 bits per heavy atom. The molecule has 0 radical (unpaired) electrons. The van der Waals surface area contributed by atoms with Crippen LogP contribution in [-0.2, 0) is 4.74 Å². The average Bonchev–Trinajstić information content (AvgIpc) is 2.90. The van der Waals surface area contributed by atoms with E-state index in [0.29, 0.717) is 19.1 Å². The van der Waals surface area contributed by atoms with Gasteiger partial charge in [0.2, 0.25) is 0 Å². The third-order valence-corrected chi connectivity index (χ3v) is 4.92. The molecule has 3 unspecified atom stereocenters. The van der Waals surface area contributed by atoms with Crippen LogP contribution in [0.2, 0.25) is 0 Å². The molecule has 128 valence electrons.